The molecule has 0 amide bonds. The molecule has 0 unspecified atom stereocenters. The average molecular weight is 435 g/mol. The van der Waals surface area contributed by atoms with Crippen LogP contribution < -0.4 is 10.0 Å². The zero-order chi connectivity index (χ0) is 15.5. The van der Waals surface area contributed by atoms with E-state index < -0.39 is 10.0 Å². The smallest absolute Gasteiger partial charge is 0.229 e. The first-order valence-corrected chi connectivity index (χ1v) is 9.43. The highest BCUT2D eigenvalue weighted by atomic mass is 79.9. The summed E-state index contributed by atoms with van der Waals surface area (Å²) in [6.07, 6.45) is 2.83. The molecule has 0 fully saturated rings. The minimum atomic E-state index is -3.32. The highest BCUT2D eigenvalue weighted by molar-refractivity contribution is 9.11. The Kier molecular flexibility index (Phi) is 5.23. The van der Waals surface area contributed by atoms with Gasteiger partial charge in [0.15, 0.2) is 0 Å². The number of nitrogens with one attached hydrogen (secondary N) is 2. The van der Waals surface area contributed by atoms with Crippen molar-refractivity contribution in [3.8, 4) is 0 Å². The van der Waals surface area contributed by atoms with Crippen LogP contribution in [-0.4, -0.2) is 19.7 Å². The molecule has 8 heteroatoms. The molecule has 0 saturated carbocycles. The number of aromatic nitrogens is 1. The van der Waals surface area contributed by atoms with Crippen molar-refractivity contribution in [3.63, 3.8) is 0 Å². The van der Waals surface area contributed by atoms with Crippen molar-refractivity contribution >= 4 is 53.3 Å². The number of benzene rings is 1. The van der Waals surface area contributed by atoms with Crippen molar-refractivity contribution in [1.82, 2.24) is 4.98 Å². The third kappa shape index (κ3) is 4.98. The fraction of sp³-hybridized carbons (Fsp3) is 0.154. The first-order chi connectivity index (χ1) is 9.85. The lowest BCUT2D eigenvalue weighted by Gasteiger charge is -2.13. The first kappa shape index (κ1) is 16.3. The summed E-state index contributed by atoms with van der Waals surface area (Å²) in [4.78, 5) is 4.30. The molecule has 2 N–H and O–H groups in total. The number of sulfonamides is 1. The van der Waals surface area contributed by atoms with Gasteiger partial charge in [-0.25, -0.2) is 8.42 Å². The summed E-state index contributed by atoms with van der Waals surface area (Å²) >= 11 is 6.79. The molecule has 112 valence electrons. The number of pyridine rings is 1. The van der Waals surface area contributed by atoms with Crippen LogP contribution in [0.25, 0.3) is 0 Å². The zero-order valence-electron chi connectivity index (χ0n) is 11.1. The van der Waals surface area contributed by atoms with E-state index in [0.717, 1.165) is 20.9 Å². The van der Waals surface area contributed by atoms with Gasteiger partial charge < -0.3 is 5.32 Å². The molecular formula is C13H13Br2N3O2S. The summed E-state index contributed by atoms with van der Waals surface area (Å²) in [6, 6.07) is 9.02. The summed E-state index contributed by atoms with van der Waals surface area (Å²) in [5.41, 5.74) is 2.03. The summed E-state index contributed by atoms with van der Waals surface area (Å²) < 4.78 is 26.9. The Morgan fingerprint density at radius 1 is 1.19 bits per heavy atom. The van der Waals surface area contributed by atoms with Crippen LogP contribution in [0.5, 0.6) is 0 Å². The van der Waals surface area contributed by atoms with Crippen molar-refractivity contribution in [2.24, 2.45) is 0 Å². The predicted molar refractivity (Wildman–Crippen MR) is 91.9 cm³/mol. The molecule has 0 aliphatic rings. The molecular weight excluding hydrogens is 422 g/mol. The number of nitrogens with zero attached hydrogens (tertiary/aromatic N) is 1. The number of para-hydroxylation sites is 2. The molecule has 0 aliphatic carbocycles. The highest BCUT2D eigenvalue weighted by Gasteiger charge is 2.08. The Labute approximate surface area is 140 Å². The van der Waals surface area contributed by atoms with Crippen molar-refractivity contribution < 1.29 is 8.42 Å². The van der Waals surface area contributed by atoms with E-state index in [9.17, 15) is 8.42 Å². The van der Waals surface area contributed by atoms with Gasteiger partial charge in [-0.2, -0.15) is 0 Å². The number of anilines is 2. The maximum absolute atomic E-state index is 11.4. The van der Waals surface area contributed by atoms with E-state index >= 15 is 0 Å². The monoisotopic (exact) mass is 433 g/mol. The molecule has 5 nitrogen and oxygen atoms in total. The second-order valence-electron chi connectivity index (χ2n) is 4.36. The minimum absolute atomic E-state index is 0.469. The summed E-state index contributed by atoms with van der Waals surface area (Å²) in [6.45, 7) is 0.469. The molecule has 0 aliphatic heterocycles. The van der Waals surface area contributed by atoms with E-state index in [1.165, 1.54) is 0 Å². The third-order valence-electron chi connectivity index (χ3n) is 2.55. The Morgan fingerprint density at radius 3 is 2.48 bits per heavy atom. The standard InChI is InChI=1S/C13H13Br2N3O2S/c1-21(19,20)18-12-5-3-2-4-11(12)17-8-13-10(15)6-9(14)7-16-13/h2-7,17-18H,8H2,1H3. The van der Waals surface area contributed by atoms with Crippen molar-refractivity contribution in [1.29, 1.82) is 0 Å². The molecule has 2 rings (SSSR count). The molecule has 0 saturated heterocycles. The van der Waals surface area contributed by atoms with Gasteiger partial charge in [0.2, 0.25) is 10.0 Å². The predicted octanol–water partition coefficient (Wildman–Crippen LogP) is 3.59. The molecule has 21 heavy (non-hydrogen) atoms. The Hall–Kier alpha value is -1.12. The lowest BCUT2D eigenvalue weighted by molar-refractivity contribution is 0.607. The van der Waals surface area contributed by atoms with Gasteiger partial charge in [0.25, 0.3) is 0 Å². The molecule has 0 bridgehead atoms. The van der Waals surface area contributed by atoms with Crippen LogP contribution in [0.2, 0.25) is 0 Å². The number of hydrogen-bond donors (Lipinski definition) is 2. The quantitative estimate of drug-likeness (QED) is 0.754. The molecule has 0 atom stereocenters. The van der Waals surface area contributed by atoms with Gasteiger partial charge in [-0.15, -0.1) is 0 Å². The molecule has 1 aromatic heterocycles. The van der Waals surface area contributed by atoms with Gasteiger partial charge in [-0.05, 0) is 50.1 Å². The van der Waals surface area contributed by atoms with E-state index in [1.807, 2.05) is 12.1 Å². The summed E-state index contributed by atoms with van der Waals surface area (Å²) in [5, 5.41) is 3.18. The van der Waals surface area contributed by atoms with E-state index in [2.05, 4.69) is 46.9 Å². The molecule has 1 heterocycles. The first-order valence-electron chi connectivity index (χ1n) is 5.96. The van der Waals surface area contributed by atoms with Crippen molar-refractivity contribution in [2.45, 2.75) is 6.54 Å². The summed E-state index contributed by atoms with van der Waals surface area (Å²) in [5.74, 6) is 0. The van der Waals surface area contributed by atoms with Gasteiger partial charge >= 0.3 is 0 Å². The maximum Gasteiger partial charge on any atom is 0.229 e. The van der Waals surface area contributed by atoms with Crippen LogP contribution in [0.1, 0.15) is 5.69 Å². The Morgan fingerprint density at radius 2 is 1.86 bits per heavy atom. The minimum Gasteiger partial charge on any atom is -0.378 e. The van der Waals surface area contributed by atoms with E-state index in [4.69, 9.17) is 0 Å². The molecule has 0 spiro atoms. The number of halogens is 2. The number of rotatable bonds is 5. The Bertz CT molecular complexity index is 751. The molecule has 1 aromatic carbocycles. The second kappa shape index (κ2) is 6.76. The van der Waals surface area contributed by atoms with Crippen LogP contribution >= 0.6 is 31.9 Å². The number of hydrogen-bond acceptors (Lipinski definition) is 4. The lowest BCUT2D eigenvalue weighted by atomic mass is 10.2. The fourth-order valence-corrected chi connectivity index (χ4v) is 3.38. The van der Waals surface area contributed by atoms with E-state index in [1.54, 1.807) is 24.4 Å². The summed E-state index contributed by atoms with van der Waals surface area (Å²) in [7, 11) is -3.32. The largest absolute Gasteiger partial charge is 0.378 e. The molecule has 2 aromatic rings. The van der Waals surface area contributed by atoms with Gasteiger partial charge in [0.1, 0.15) is 0 Å². The normalized spacial score (nSPS) is 11.2. The lowest BCUT2D eigenvalue weighted by Crippen LogP contribution is -2.12. The average Bonchev–Trinajstić information content (AvgIpc) is 2.37. The van der Waals surface area contributed by atoms with Crippen LogP contribution in [0, 0.1) is 0 Å². The van der Waals surface area contributed by atoms with Crippen LogP contribution in [0.3, 0.4) is 0 Å². The van der Waals surface area contributed by atoms with E-state index in [0.29, 0.717) is 17.9 Å². The second-order valence-corrected chi connectivity index (χ2v) is 7.87. The van der Waals surface area contributed by atoms with Gasteiger partial charge in [-0.1, -0.05) is 12.1 Å². The highest BCUT2D eigenvalue weighted by Crippen LogP contribution is 2.24. The Balaban J connectivity index is 2.16. The van der Waals surface area contributed by atoms with Crippen LogP contribution in [0.15, 0.2) is 45.5 Å². The van der Waals surface area contributed by atoms with Crippen molar-refractivity contribution in [3.05, 3.63) is 51.2 Å². The molecule has 0 radical (unpaired) electrons. The maximum atomic E-state index is 11.4. The van der Waals surface area contributed by atoms with Crippen molar-refractivity contribution in [2.75, 3.05) is 16.3 Å². The van der Waals surface area contributed by atoms with Gasteiger partial charge in [-0.3, -0.25) is 9.71 Å². The van der Waals surface area contributed by atoms with E-state index in [-0.39, 0.29) is 0 Å². The van der Waals surface area contributed by atoms with Gasteiger partial charge in [0.05, 0.1) is 29.9 Å². The fourth-order valence-electron chi connectivity index (χ4n) is 1.68. The third-order valence-corrected chi connectivity index (χ3v) is 4.26. The SMILES string of the molecule is CS(=O)(=O)Nc1ccccc1NCc1ncc(Br)cc1Br. The van der Waals surface area contributed by atoms with Crippen LogP contribution in [-0.2, 0) is 16.6 Å². The topological polar surface area (TPSA) is 71.1 Å². The zero-order valence-corrected chi connectivity index (χ0v) is 15.1. The van der Waals surface area contributed by atoms with Crippen LogP contribution in [0.4, 0.5) is 11.4 Å². The van der Waals surface area contributed by atoms with Gasteiger partial charge in [0, 0.05) is 15.1 Å².